The molecule has 4 heteroatoms. The number of nitrogens with one attached hydrogen (secondary N) is 2. The van der Waals surface area contributed by atoms with Gasteiger partial charge in [0.15, 0.2) is 0 Å². The Hall–Kier alpha value is -1.26. The van der Waals surface area contributed by atoms with E-state index in [-0.39, 0.29) is 12.2 Å². The van der Waals surface area contributed by atoms with Crippen molar-refractivity contribution in [3.8, 4) is 0 Å². The molecular formula is C54H88N2O2. The fourth-order valence-corrected chi connectivity index (χ4v) is 18.9. The maximum atomic E-state index is 10.5. The molecule has 0 radical (unpaired) electrons. The van der Waals surface area contributed by atoms with Gasteiger partial charge in [-0.2, -0.15) is 0 Å². The molecule has 8 aliphatic rings. The Kier molecular flexibility index (Phi) is 11.9. The number of rotatable bonds is 12. The maximum Gasteiger partial charge on any atom is 0.0575 e. The quantitative estimate of drug-likeness (QED) is 0.159. The van der Waals surface area contributed by atoms with Crippen LogP contribution in [0.1, 0.15) is 183 Å². The number of para-hydroxylation sites is 2. The van der Waals surface area contributed by atoms with Gasteiger partial charge in [-0.15, -0.1) is 0 Å². The second-order valence-corrected chi connectivity index (χ2v) is 24.3. The normalized spacial score (nSPS) is 48.0. The van der Waals surface area contributed by atoms with Crippen molar-refractivity contribution >= 4 is 11.4 Å². The van der Waals surface area contributed by atoms with E-state index in [4.69, 9.17) is 0 Å². The first kappa shape index (κ1) is 42.1. The molecule has 9 rings (SSSR count). The molecule has 1 aromatic rings. The Morgan fingerprint density at radius 2 is 0.914 bits per heavy atom. The molecule has 2 unspecified atom stereocenters. The van der Waals surface area contributed by atoms with Gasteiger partial charge in [0.1, 0.15) is 0 Å². The van der Waals surface area contributed by atoms with E-state index in [9.17, 15) is 10.2 Å². The predicted octanol–water partition coefficient (Wildman–Crippen LogP) is 13.4. The van der Waals surface area contributed by atoms with Crippen molar-refractivity contribution in [2.45, 2.75) is 195 Å². The second kappa shape index (κ2) is 16.5. The lowest BCUT2D eigenvalue weighted by molar-refractivity contribution is -0.129. The summed E-state index contributed by atoms with van der Waals surface area (Å²) in [5, 5.41) is 28.7. The monoisotopic (exact) mass is 797 g/mol. The fourth-order valence-electron chi connectivity index (χ4n) is 18.9. The van der Waals surface area contributed by atoms with Crippen molar-refractivity contribution in [1.29, 1.82) is 0 Å². The largest absolute Gasteiger partial charge is 0.393 e. The van der Waals surface area contributed by atoms with Gasteiger partial charge in [0.2, 0.25) is 0 Å². The molecular weight excluding hydrogens is 709 g/mol. The number of hydrogen-bond donors (Lipinski definition) is 4. The van der Waals surface area contributed by atoms with Crippen LogP contribution in [0.2, 0.25) is 0 Å². The van der Waals surface area contributed by atoms with Gasteiger partial charge in [-0.25, -0.2) is 0 Å². The standard InChI is InChI=1S/C54H88N2O2/c1-35(43-19-21-45-41-17-15-37-33-39(57)23-27-51(37,3)47(41)25-29-53(43,45)5)11-9-31-55-49-13-7-8-14-50(49)56-32-10-12-36(2)44-20-22-46-42-18-16-38-34-40(58)24-28-52(38,4)48(42)26-30-54(44,46)6/h7-8,13-14,35-48,55-58H,9-12,15-34H2,1-6H3/t35-,36-,37?,38?,39-,40-,41+,42+,43-,44-,45+,46+,47+,48+,51+,52+,53-,54-/m1/s1. The van der Waals surface area contributed by atoms with Gasteiger partial charge in [0.25, 0.3) is 0 Å². The Balaban J connectivity index is 0.719. The zero-order valence-corrected chi connectivity index (χ0v) is 38.3. The number of aliphatic hydroxyl groups is 2. The lowest BCUT2D eigenvalue weighted by atomic mass is 9.44. The van der Waals surface area contributed by atoms with Gasteiger partial charge in [0, 0.05) is 13.1 Å². The molecule has 0 saturated heterocycles. The van der Waals surface area contributed by atoms with E-state index in [0.29, 0.717) is 21.7 Å². The molecule has 0 aliphatic heterocycles. The van der Waals surface area contributed by atoms with E-state index in [1.807, 2.05) is 0 Å². The first-order valence-corrected chi connectivity index (χ1v) is 25.8. The molecule has 0 spiro atoms. The van der Waals surface area contributed by atoms with Gasteiger partial charge < -0.3 is 20.8 Å². The number of aliphatic hydroxyl groups excluding tert-OH is 2. The van der Waals surface area contributed by atoms with Gasteiger partial charge in [0.05, 0.1) is 23.6 Å². The predicted molar refractivity (Wildman–Crippen MR) is 243 cm³/mol. The van der Waals surface area contributed by atoms with Crippen LogP contribution in [0.3, 0.4) is 0 Å². The fraction of sp³-hybridized carbons (Fsp3) is 0.889. The molecule has 8 fully saturated rings. The van der Waals surface area contributed by atoms with Crippen molar-refractivity contribution in [2.75, 3.05) is 23.7 Å². The summed E-state index contributed by atoms with van der Waals surface area (Å²) < 4.78 is 0. The third kappa shape index (κ3) is 7.24. The summed E-state index contributed by atoms with van der Waals surface area (Å²) in [4.78, 5) is 0. The van der Waals surface area contributed by atoms with Crippen LogP contribution in [0.25, 0.3) is 0 Å². The van der Waals surface area contributed by atoms with Gasteiger partial charge in [-0.05, 0) is 246 Å². The van der Waals surface area contributed by atoms with E-state index in [1.54, 1.807) is 0 Å². The molecule has 8 saturated carbocycles. The van der Waals surface area contributed by atoms with Crippen LogP contribution in [0.15, 0.2) is 24.3 Å². The number of fused-ring (bicyclic) bond motifs is 10. The van der Waals surface area contributed by atoms with Crippen LogP contribution in [-0.4, -0.2) is 35.5 Å². The van der Waals surface area contributed by atoms with Crippen molar-refractivity contribution in [1.82, 2.24) is 0 Å². The number of anilines is 2. The first-order chi connectivity index (χ1) is 27.8. The van der Waals surface area contributed by atoms with Gasteiger partial charge >= 0.3 is 0 Å². The van der Waals surface area contributed by atoms with Crippen LogP contribution in [-0.2, 0) is 0 Å². The van der Waals surface area contributed by atoms with E-state index in [2.05, 4.69) is 76.4 Å². The summed E-state index contributed by atoms with van der Waals surface area (Å²) >= 11 is 0. The Labute approximate surface area is 356 Å². The molecule has 18 atom stereocenters. The Morgan fingerprint density at radius 3 is 1.34 bits per heavy atom. The molecule has 4 N–H and O–H groups in total. The highest BCUT2D eigenvalue weighted by Gasteiger charge is 2.62. The van der Waals surface area contributed by atoms with E-state index < -0.39 is 0 Å². The highest BCUT2D eigenvalue weighted by atomic mass is 16.3. The van der Waals surface area contributed by atoms with Crippen molar-refractivity contribution in [3.05, 3.63) is 24.3 Å². The minimum Gasteiger partial charge on any atom is -0.393 e. The molecule has 0 heterocycles. The van der Waals surface area contributed by atoms with Crippen molar-refractivity contribution in [2.24, 2.45) is 92.7 Å². The van der Waals surface area contributed by atoms with Gasteiger partial charge in [-0.3, -0.25) is 0 Å². The third-order valence-corrected chi connectivity index (χ3v) is 22.0. The molecule has 326 valence electrons. The smallest absolute Gasteiger partial charge is 0.0575 e. The highest BCUT2D eigenvalue weighted by molar-refractivity contribution is 5.68. The zero-order valence-electron chi connectivity index (χ0n) is 38.3. The third-order valence-electron chi connectivity index (χ3n) is 22.0. The van der Waals surface area contributed by atoms with E-state index >= 15 is 0 Å². The topological polar surface area (TPSA) is 64.5 Å². The van der Waals surface area contributed by atoms with Crippen molar-refractivity contribution < 1.29 is 10.2 Å². The molecule has 0 amide bonds. The SMILES string of the molecule is C[C@H](CCCNc1ccccc1NCCC[C@@H](C)[C@H]1CC[C@H]2[C@@H]3CCC4C[C@H](O)CC[C@]4(C)[C@H]3CC[C@]12C)[C@H]1CC[C@H]2[C@@H]3CCC4C[C@H](O)CC[C@]4(C)[C@H]3CC[C@]12C. The zero-order chi connectivity index (χ0) is 40.5. The van der Waals surface area contributed by atoms with E-state index in [0.717, 1.165) is 110 Å². The summed E-state index contributed by atoms with van der Waals surface area (Å²) in [6, 6.07) is 8.98. The average Bonchev–Trinajstić information content (AvgIpc) is 3.76. The lowest BCUT2D eigenvalue weighted by Gasteiger charge is -2.61. The van der Waals surface area contributed by atoms with Crippen molar-refractivity contribution in [3.63, 3.8) is 0 Å². The average molecular weight is 797 g/mol. The summed E-state index contributed by atoms with van der Waals surface area (Å²) in [5.41, 5.74) is 4.61. The second-order valence-electron chi connectivity index (χ2n) is 24.3. The summed E-state index contributed by atoms with van der Waals surface area (Å²) in [5.74, 6) is 10.5. The summed E-state index contributed by atoms with van der Waals surface area (Å²) in [6.45, 7) is 18.1. The van der Waals surface area contributed by atoms with Crippen LogP contribution in [0.4, 0.5) is 11.4 Å². The highest BCUT2D eigenvalue weighted by Crippen LogP contribution is 2.70. The number of benzene rings is 1. The first-order valence-electron chi connectivity index (χ1n) is 25.8. The minimum absolute atomic E-state index is 0.0360. The molecule has 0 aromatic heterocycles. The Bertz CT molecular complexity index is 1450. The number of hydrogen-bond acceptors (Lipinski definition) is 4. The summed E-state index contributed by atoms with van der Waals surface area (Å²) in [7, 11) is 0. The molecule has 58 heavy (non-hydrogen) atoms. The summed E-state index contributed by atoms with van der Waals surface area (Å²) in [6.07, 6.45) is 29.1. The molecule has 4 nitrogen and oxygen atoms in total. The van der Waals surface area contributed by atoms with Crippen LogP contribution < -0.4 is 10.6 Å². The van der Waals surface area contributed by atoms with Crippen LogP contribution >= 0.6 is 0 Å². The lowest BCUT2D eigenvalue weighted by Crippen LogP contribution is -2.54. The molecule has 1 aromatic carbocycles. The van der Waals surface area contributed by atoms with Gasteiger partial charge in [-0.1, -0.05) is 53.7 Å². The Morgan fingerprint density at radius 1 is 0.517 bits per heavy atom. The van der Waals surface area contributed by atoms with E-state index in [1.165, 1.54) is 127 Å². The molecule has 8 aliphatic carbocycles. The van der Waals surface area contributed by atoms with Crippen LogP contribution in [0.5, 0.6) is 0 Å². The van der Waals surface area contributed by atoms with Crippen LogP contribution in [0, 0.1) is 92.7 Å². The maximum absolute atomic E-state index is 10.5. The molecule has 0 bridgehead atoms. The minimum atomic E-state index is -0.0360.